The Morgan fingerprint density at radius 2 is 1.70 bits per heavy atom. The molecule has 4 aromatic rings. The van der Waals surface area contributed by atoms with Gasteiger partial charge in [0.1, 0.15) is 5.01 Å². The molecule has 0 atom stereocenters. The maximum atomic E-state index is 12.4. The Bertz CT molecular complexity index is 1170. The molecule has 2 N–H and O–H groups in total. The van der Waals surface area contributed by atoms with Crippen molar-refractivity contribution >= 4 is 46.1 Å². The molecule has 30 heavy (non-hydrogen) atoms. The number of thiazole rings is 1. The van der Waals surface area contributed by atoms with Gasteiger partial charge in [0.05, 0.1) is 23.4 Å². The zero-order valence-electron chi connectivity index (χ0n) is 15.6. The molecule has 0 spiro atoms. The molecule has 0 aliphatic heterocycles. The van der Waals surface area contributed by atoms with E-state index < -0.39 is 0 Å². The van der Waals surface area contributed by atoms with Crippen LogP contribution in [-0.4, -0.2) is 16.8 Å². The predicted molar refractivity (Wildman–Crippen MR) is 118 cm³/mol. The van der Waals surface area contributed by atoms with Crippen LogP contribution in [-0.2, 0) is 11.2 Å². The van der Waals surface area contributed by atoms with Gasteiger partial charge in [-0.05, 0) is 42.5 Å². The molecule has 2 amide bonds. The number of amides is 2. The first-order valence-electron chi connectivity index (χ1n) is 9.02. The first kappa shape index (κ1) is 19.9. The Kier molecular flexibility index (Phi) is 5.92. The number of benzene rings is 2. The van der Waals surface area contributed by atoms with E-state index in [-0.39, 0.29) is 24.0 Å². The molecule has 0 bridgehead atoms. The maximum Gasteiger partial charge on any atom is 0.291 e. The van der Waals surface area contributed by atoms with Gasteiger partial charge < -0.3 is 15.1 Å². The highest BCUT2D eigenvalue weighted by molar-refractivity contribution is 7.13. The van der Waals surface area contributed by atoms with E-state index in [2.05, 4.69) is 15.6 Å². The minimum absolute atomic E-state index is 0.151. The van der Waals surface area contributed by atoms with Crippen molar-refractivity contribution in [3.05, 3.63) is 88.8 Å². The molecular formula is C22H16ClN3O3S. The molecule has 0 aliphatic carbocycles. The number of carbonyl (C=O) groups excluding carboxylic acids is 2. The number of nitrogens with one attached hydrogen (secondary N) is 2. The largest absolute Gasteiger partial charge is 0.459 e. The van der Waals surface area contributed by atoms with Crippen LogP contribution >= 0.6 is 22.9 Å². The van der Waals surface area contributed by atoms with Crippen LogP contribution in [0.5, 0.6) is 0 Å². The molecule has 2 aromatic carbocycles. The molecule has 0 unspecified atom stereocenters. The molecule has 6 nitrogen and oxygen atoms in total. The van der Waals surface area contributed by atoms with E-state index in [1.165, 1.54) is 17.6 Å². The SMILES string of the molecule is O=C(Cc1csc(-c2ccccc2Cl)n1)Nc1ccc(NC(=O)c2ccco2)cc1. The van der Waals surface area contributed by atoms with Crippen molar-refractivity contribution in [1.29, 1.82) is 0 Å². The van der Waals surface area contributed by atoms with E-state index in [1.54, 1.807) is 36.4 Å². The molecule has 150 valence electrons. The second-order valence-electron chi connectivity index (χ2n) is 6.36. The van der Waals surface area contributed by atoms with Gasteiger partial charge in [0.25, 0.3) is 5.91 Å². The third-order valence-electron chi connectivity index (χ3n) is 4.17. The van der Waals surface area contributed by atoms with Crippen LogP contribution in [0.25, 0.3) is 10.6 Å². The van der Waals surface area contributed by atoms with Crippen molar-refractivity contribution in [1.82, 2.24) is 4.98 Å². The topological polar surface area (TPSA) is 84.2 Å². The average Bonchev–Trinajstić information content (AvgIpc) is 3.42. The van der Waals surface area contributed by atoms with Gasteiger partial charge in [-0.1, -0.05) is 29.8 Å². The van der Waals surface area contributed by atoms with Gasteiger partial charge in [0, 0.05) is 22.3 Å². The lowest BCUT2D eigenvalue weighted by Crippen LogP contribution is -2.15. The highest BCUT2D eigenvalue weighted by Gasteiger charge is 2.12. The molecule has 0 saturated heterocycles. The van der Waals surface area contributed by atoms with Crippen LogP contribution in [0.2, 0.25) is 5.02 Å². The van der Waals surface area contributed by atoms with Crippen molar-refractivity contribution < 1.29 is 14.0 Å². The van der Waals surface area contributed by atoms with E-state index >= 15 is 0 Å². The van der Waals surface area contributed by atoms with Crippen molar-refractivity contribution in [2.75, 3.05) is 10.6 Å². The first-order chi connectivity index (χ1) is 14.6. The number of rotatable bonds is 6. The number of nitrogens with zero attached hydrogens (tertiary/aromatic N) is 1. The normalized spacial score (nSPS) is 10.6. The molecular weight excluding hydrogens is 422 g/mol. The summed E-state index contributed by atoms with van der Waals surface area (Å²) >= 11 is 7.66. The van der Waals surface area contributed by atoms with E-state index in [0.29, 0.717) is 22.1 Å². The quantitative estimate of drug-likeness (QED) is 0.417. The van der Waals surface area contributed by atoms with Crippen LogP contribution in [0.1, 0.15) is 16.2 Å². The van der Waals surface area contributed by atoms with Gasteiger partial charge in [0.15, 0.2) is 5.76 Å². The number of furan rings is 1. The van der Waals surface area contributed by atoms with Crippen LogP contribution in [0, 0.1) is 0 Å². The monoisotopic (exact) mass is 437 g/mol. The lowest BCUT2D eigenvalue weighted by Gasteiger charge is -2.07. The minimum atomic E-state index is -0.338. The fourth-order valence-corrected chi connectivity index (χ4v) is 3.89. The summed E-state index contributed by atoms with van der Waals surface area (Å²) in [7, 11) is 0. The van der Waals surface area contributed by atoms with Crippen LogP contribution in [0.3, 0.4) is 0 Å². The Labute approximate surface area is 181 Å². The third kappa shape index (κ3) is 4.76. The van der Waals surface area contributed by atoms with Crippen LogP contribution in [0.4, 0.5) is 11.4 Å². The summed E-state index contributed by atoms with van der Waals surface area (Å²) in [5, 5.41) is 8.81. The average molecular weight is 438 g/mol. The van der Waals surface area contributed by atoms with Gasteiger partial charge in [-0.2, -0.15) is 0 Å². The molecule has 8 heteroatoms. The second-order valence-corrected chi connectivity index (χ2v) is 7.62. The zero-order chi connectivity index (χ0) is 20.9. The smallest absolute Gasteiger partial charge is 0.291 e. The molecule has 0 aliphatic rings. The summed E-state index contributed by atoms with van der Waals surface area (Å²) in [4.78, 5) is 28.8. The number of hydrogen-bond acceptors (Lipinski definition) is 5. The summed E-state index contributed by atoms with van der Waals surface area (Å²) < 4.78 is 5.06. The predicted octanol–water partition coefficient (Wildman–Crippen LogP) is 5.49. The van der Waals surface area contributed by atoms with Gasteiger partial charge >= 0.3 is 0 Å². The van der Waals surface area contributed by atoms with Gasteiger partial charge in [0.2, 0.25) is 5.91 Å². The summed E-state index contributed by atoms with van der Waals surface area (Å²) in [6.45, 7) is 0. The Morgan fingerprint density at radius 3 is 2.40 bits per heavy atom. The number of aromatic nitrogens is 1. The second kappa shape index (κ2) is 8.94. The van der Waals surface area contributed by atoms with Crippen molar-refractivity contribution in [3.63, 3.8) is 0 Å². The number of carbonyl (C=O) groups is 2. The van der Waals surface area contributed by atoms with E-state index in [4.69, 9.17) is 16.0 Å². The van der Waals surface area contributed by atoms with Crippen LogP contribution in [0.15, 0.2) is 76.7 Å². The first-order valence-corrected chi connectivity index (χ1v) is 10.3. The summed E-state index contributed by atoms with van der Waals surface area (Å²) in [6, 6.07) is 17.5. The van der Waals surface area contributed by atoms with Crippen molar-refractivity contribution in [2.45, 2.75) is 6.42 Å². The molecule has 0 radical (unpaired) electrons. The zero-order valence-corrected chi connectivity index (χ0v) is 17.2. The molecule has 0 saturated carbocycles. The van der Waals surface area contributed by atoms with Gasteiger partial charge in [-0.15, -0.1) is 11.3 Å². The number of anilines is 2. The fourth-order valence-electron chi connectivity index (χ4n) is 2.75. The lowest BCUT2D eigenvalue weighted by molar-refractivity contribution is -0.115. The highest BCUT2D eigenvalue weighted by atomic mass is 35.5. The Balaban J connectivity index is 1.34. The van der Waals surface area contributed by atoms with E-state index in [0.717, 1.165) is 10.6 Å². The minimum Gasteiger partial charge on any atom is -0.459 e. The summed E-state index contributed by atoms with van der Waals surface area (Å²) in [6.07, 6.45) is 1.59. The van der Waals surface area contributed by atoms with Gasteiger partial charge in [-0.3, -0.25) is 9.59 Å². The lowest BCUT2D eigenvalue weighted by atomic mass is 10.2. The molecule has 0 fully saturated rings. The summed E-state index contributed by atoms with van der Waals surface area (Å²) in [5.41, 5.74) is 2.74. The van der Waals surface area contributed by atoms with Crippen LogP contribution < -0.4 is 10.6 Å². The number of halogens is 1. The van der Waals surface area contributed by atoms with E-state index in [1.807, 2.05) is 29.6 Å². The molecule has 2 aromatic heterocycles. The summed E-state index contributed by atoms with van der Waals surface area (Å²) in [5.74, 6) is -0.292. The highest BCUT2D eigenvalue weighted by Crippen LogP contribution is 2.30. The third-order valence-corrected chi connectivity index (χ3v) is 5.42. The van der Waals surface area contributed by atoms with Crippen molar-refractivity contribution in [2.24, 2.45) is 0 Å². The molecule has 4 rings (SSSR count). The number of hydrogen-bond donors (Lipinski definition) is 2. The Morgan fingerprint density at radius 1 is 0.967 bits per heavy atom. The van der Waals surface area contributed by atoms with Crippen molar-refractivity contribution in [3.8, 4) is 10.6 Å². The Hall–Kier alpha value is -3.42. The van der Waals surface area contributed by atoms with Gasteiger partial charge in [-0.25, -0.2) is 4.98 Å². The van der Waals surface area contributed by atoms with E-state index in [9.17, 15) is 9.59 Å². The standard InChI is InChI=1S/C22H16ClN3O3S/c23-18-5-2-1-4-17(18)22-26-16(13-30-22)12-20(27)24-14-7-9-15(10-8-14)25-21(28)19-6-3-11-29-19/h1-11,13H,12H2,(H,24,27)(H,25,28). The fraction of sp³-hybridized carbons (Fsp3) is 0.0455. The maximum absolute atomic E-state index is 12.4. The molecule has 2 heterocycles.